The Hall–Kier alpha value is -2.33. The molecule has 0 aromatic heterocycles. The molecule has 2 N–H and O–H groups in total. The number of hydrogen-bond acceptors (Lipinski definition) is 3. The van der Waals surface area contributed by atoms with Gasteiger partial charge >= 0.3 is 0 Å². The van der Waals surface area contributed by atoms with Crippen LogP contribution in [-0.2, 0) is 11.2 Å². The molecule has 0 unspecified atom stereocenters. The van der Waals surface area contributed by atoms with Gasteiger partial charge in [-0.15, -0.1) is 0 Å². The van der Waals surface area contributed by atoms with Gasteiger partial charge in [0.1, 0.15) is 5.75 Å². The minimum Gasteiger partial charge on any atom is -0.491 e. The second kappa shape index (κ2) is 8.85. The van der Waals surface area contributed by atoms with Gasteiger partial charge in [-0.2, -0.15) is 0 Å². The molecule has 0 bridgehead atoms. The molecule has 0 atom stereocenters. The molecule has 0 radical (unpaired) electrons. The molecule has 2 rings (SSSR count). The first kappa shape index (κ1) is 16.0. The number of para-hydroxylation sites is 2. The average Bonchev–Trinajstić information content (AvgIpc) is 2.55. The summed E-state index contributed by atoms with van der Waals surface area (Å²) in [4.78, 5) is 11.8. The van der Waals surface area contributed by atoms with Gasteiger partial charge in [0.2, 0.25) is 5.91 Å². The van der Waals surface area contributed by atoms with Crippen molar-refractivity contribution in [3.05, 3.63) is 60.2 Å². The number of amides is 1. The van der Waals surface area contributed by atoms with Crippen molar-refractivity contribution in [1.29, 1.82) is 0 Å². The molecule has 0 aliphatic carbocycles. The number of benzene rings is 2. The molecule has 4 nitrogen and oxygen atoms in total. The molecule has 0 aliphatic heterocycles. The lowest BCUT2D eigenvalue weighted by molar-refractivity contribution is -0.116. The molecular weight excluding hydrogens is 276 g/mol. The van der Waals surface area contributed by atoms with E-state index in [1.54, 1.807) is 0 Å². The zero-order valence-electron chi connectivity index (χ0n) is 12.8. The highest BCUT2D eigenvalue weighted by molar-refractivity contribution is 5.92. The summed E-state index contributed by atoms with van der Waals surface area (Å²) in [5.74, 6) is 0.685. The van der Waals surface area contributed by atoms with Crippen LogP contribution >= 0.6 is 0 Å². The first-order chi connectivity index (χ1) is 10.8. The van der Waals surface area contributed by atoms with Gasteiger partial charge in [0, 0.05) is 19.4 Å². The molecule has 0 aliphatic rings. The molecule has 116 valence electrons. The number of rotatable bonds is 8. The molecule has 4 heteroatoms. The summed E-state index contributed by atoms with van der Waals surface area (Å²) in [5.41, 5.74) is 1.95. The summed E-state index contributed by atoms with van der Waals surface area (Å²) >= 11 is 0. The van der Waals surface area contributed by atoms with Crippen LogP contribution in [0.2, 0.25) is 0 Å². The van der Waals surface area contributed by atoms with Crippen LogP contribution in [0, 0.1) is 0 Å². The third kappa shape index (κ3) is 5.22. The Morgan fingerprint density at radius 2 is 1.77 bits per heavy atom. The van der Waals surface area contributed by atoms with Crippen LogP contribution in [-0.4, -0.2) is 26.1 Å². The lowest BCUT2D eigenvalue weighted by atomic mass is 10.2. The van der Waals surface area contributed by atoms with E-state index in [1.807, 2.05) is 49.5 Å². The lowest BCUT2D eigenvalue weighted by Gasteiger charge is -2.12. The number of nitrogens with one attached hydrogen (secondary N) is 2. The quantitative estimate of drug-likeness (QED) is 0.788. The Morgan fingerprint density at radius 1 is 1.05 bits per heavy atom. The van der Waals surface area contributed by atoms with Gasteiger partial charge in [-0.05, 0) is 24.7 Å². The van der Waals surface area contributed by atoms with Crippen LogP contribution in [0.25, 0.3) is 0 Å². The van der Waals surface area contributed by atoms with Gasteiger partial charge in [-0.3, -0.25) is 4.79 Å². The molecule has 0 saturated carbocycles. The predicted molar refractivity (Wildman–Crippen MR) is 89.3 cm³/mol. The van der Waals surface area contributed by atoms with Gasteiger partial charge in [0.15, 0.2) is 0 Å². The maximum atomic E-state index is 11.8. The van der Waals surface area contributed by atoms with Crippen molar-refractivity contribution < 1.29 is 9.53 Å². The van der Waals surface area contributed by atoms with E-state index in [9.17, 15) is 4.79 Å². The first-order valence-electron chi connectivity index (χ1n) is 7.50. The second-order valence-electron chi connectivity index (χ2n) is 4.98. The number of carbonyl (C=O) groups excluding carboxylic acids is 1. The maximum absolute atomic E-state index is 11.8. The highest BCUT2D eigenvalue weighted by Crippen LogP contribution is 2.24. The first-order valence-corrected chi connectivity index (χ1v) is 7.50. The van der Waals surface area contributed by atoms with Gasteiger partial charge in [0.25, 0.3) is 0 Å². The Morgan fingerprint density at radius 3 is 2.55 bits per heavy atom. The molecule has 2 aromatic carbocycles. The molecule has 22 heavy (non-hydrogen) atoms. The van der Waals surface area contributed by atoms with E-state index in [2.05, 4.69) is 22.8 Å². The van der Waals surface area contributed by atoms with Gasteiger partial charge in [-0.1, -0.05) is 42.5 Å². The number of carbonyl (C=O) groups is 1. The van der Waals surface area contributed by atoms with Crippen molar-refractivity contribution in [2.75, 3.05) is 25.5 Å². The van der Waals surface area contributed by atoms with E-state index < -0.39 is 0 Å². The number of hydrogen-bond donors (Lipinski definition) is 2. The van der Waals surface area contributed by atoms with Gasteiger partial charge < -0.3 is 15.4 Å². The highest BCUT2D eigenvalue weighted by Gasteiger charge is 2.07. The summed E-state index contributed by atoms with van der Waals surface area (Å²) in [6.45, 7) is 1.23. The summed E-state index contributed by atoms with van der Waals surface area (Å²) in [7, 11) is 1.83. The third-order valence-corrected chi connectivity index (χ3v) is 3.25. The molecule has 1 amide bonds. The summed E-state index contributed by atoms with van der Waals surface area (Å²) < 4.78 is 5.82. The molecule has 0 heterocycles. The smallest absolute Gasteiger partial charge is 0.225 e. The van der Waals surface area contributed by atoms with Crippen molar-refractivity contribution in [3.8, 4) is 5.75 Å². The van der Waals surface area contributed by atoms with Crippen molar-refractivity contribution in [2.45, 2.75) is 12.8 Å². The van der Waals surface area contributed by atoms with Crippen LogP contribution in [0.15, 0.2) is 54.6 Å². The van der Waals surface area contributed by atoms with Crippen LogP contribution in [0.4, 0.5) is 5.69 Å². The lowest BCUT2D eigenvalue weighted by Crippen LogP contribution is -2.19. The topological polar surface area (TPSA) is 50.4 Å². The monoisotopic (exact) mass is 298 g/mol. The number of anilines is 1. The fourth-order valence-electron chi connectivity index (χ4n) is 2.07. The minimum absolute atomic E-state index is 0.0199. The second-order valence-corrected chi connectivity index (χ2v) is 4.98. The largest absolute Gasteiger partial charge is 0.491 e. The summed E-state index contributed by atoms with van der Waals surface area (Å²) in [6.07, 6.45) is 1.28. The summed E-state index contributed by atoms with van der Waals surface area (Å²) in [5, 5.41) is 5.85. The average molecular weight is 298 g/mol. The normalized spacial score (nSPS) is 10.2. The molecular formula is C18H22N2O2. The molecule has 0 fully saturated rings. The van der Waals surface area contributed by atoms with E-state index in [4.69, 9.17) is 4.74 Å². The van der Waals surface area contributed by atoms with Crippen LogP contribution in [0.5, 0.6) is 5.75 Å². The minimum atomic E-state index is -0.0199. The van der Waals surface area contributed by atoms with Gasteiger partial charge in [-0.25, -0.2) is 0 Å². The third-order valence-electron chi connectivity index (χ3n) is 3.25. The van der Waals surface area contributed by atoms with E-state index in [1.165, 1.54) is 5.56 Å². The molecule has 2 aromatic rings. The number of ether oxygens (including phenoxy) is 1. The summed E-state index contributed by atoms with van der Waals surface area (Å²) in [6, 6.07) is 17.7. The van der Waals surface area contributed by atoms with Crippen molar-refractivity contribution in [3.63, 3.8) is 0 Å². The molecule has 0 saturated heterocycles. The Kier molecular flexibility index (Phi) is 6.45. The SMILES string of the molecule is CNCCC(=O)Nc1ccccc1OCCc1ccccc1. The zero-order chi connectivity index (χ0) is 15.6. The van der Waals surface area contributed by atoms with Crippen molar-refractivity contribution in [1.82, 2.24) is 5.32 Å². The fourth-order valence-corrected chi connectivity index (χ4v) is 2.07. The Bertz CT molecular complexity index is 585. The standard InChI is InChI=1S/C18H22N2O2/c1-19-13-11-18(21)20-16-9-5-6-10-17(16)22-14-12-15-7-3-2-4-8-15/h2-10,19H,11-14H2,1H3,(H,20,21). The highest BCUT2D eigenvalue weighted by atomic mass is 16.5. The maximum Gasteiger partial charge on any atom is 0.225 e. The van der Waals surface area contributed by atoms with Crippen molar-refractivity contribution in [2.24, 2.45) is 0 Å². The van der Waals surface area contributed by atoms with Crippen LogP contribution < -0.4 is 15.4 Å². The van der Waals surface area contributed by atoms with Crippen LogP contribution in [0.1, 0.15) is 12.0 Å². The Labute approximate surface area is 131 Å². The zero-order valence-corrected chi connectivity index (χ0v) is 12.8. The predicted octanol–water partition coefficient (Wildman–Crippen LogP) is 2.86. The van der Waals surface area contributed by atoms with Crippen LogP contribution in [0.3, 0.4) is 0 Å². The van der Waals surface area contributed by atoms with E-state index >= 15 is 0 Å². The Balaban J connectivity index is 1.89. The fraction of sp³-hybridized carbons (Fsp3) is 0.278. The van der Waals surface area contributed by atoms with E-state index in [0.717, 1.165) is 12.1 Å². The van der Waals surface area contributed by atoms with Crippen molar-refractivity contribution >= 4 is 11.6 Å². The van der Waals surface area contributed by atoms with E-state index in [-0.39, 0.29) is 5.91 Å². The molecule has 0 spiro atoms. The van der Waals surface area contributed by atoms with E-state index in [0.29, 0.717) is 25.3 Å². The van der Waals surface area contributed by atoms with Gasteiger partial charge in [0.05, 0.1) is 12.3 Å².